The van der Waals surface area contributed by atoms with Gasteiger partial charge < -0.3 is 4.74 Å². The topological polar surface area (TPSA) is 26.3 Å². The SMILES string of the molecule is Cc1c2c(c(CC(=O)OC(C)(C)C)c3c1CCC3)CCC2. The molecule has 0 N–H and O–H groups in total. The molecule has 0 aliphatic heterocycles. The van der Waals surface area contributed by atoms with Crippen LogP contribution in [0.4, 0.5) is 0 Å². The molecule has 0 radical (unpaired) electrons. The average molecular weight is 286 g/mol. The van der Waals surface area contributed by atoms with Crippen LogP contribution in [0.5, 0.6) is 0 Å². The van der Waals surface area contributed by atoms with Crippen LogP contribution in [0.15, 0.2) is 0 Å². The Hall–Kier alpha value is -1.31. The van der Waals surface area contributed by atoms with E-state index in [-0.39, 0.29) is 5.97 Å². The van der Waals surface area contributed by atoms with E-state index < -0.39 is 5.60 Å². The van der Waals surface area contributed by atoms with E-state index in [0.717, 1.165) is 12.8 Å². The molecule has 1 aromatic carbocycles. The Labute approximate surface area is 127 Å². The molecule has 0 heterocycles. The lowest BCUT2D eigenvalue weighted by atomic mass is 9.88. The smallest absolute Gasteiger partial charge is 0.310 e. The summed E-state index contributed by atoms with van der Waals surface area (Å²) in [6.07, 6.45) is 7.59. The third kappa shape index (κ3) is 2.73. The van der Waals surface area contributed by atoms with Crippen molar-refractivity contribution in [3.8, 4) is 0 Å². The van der Waals surface area contributed by atoms with E-state index in [1.165, 1.54) is 59.1 Å². The molecule has 2 heteroatoms. The van der Waals surface area contributed by atoms with Crippen molar-refractivity contribution in [2.24, 2.45) is 0 Å². The average Bonchev–Trinajstić information content (AvgIpc) is 3.01. The number of esters is 1. The molecule has 0 saturated carbocycles. The Morgan fingerprint density at radius 2 is 1.43 bits per heavy atom. The lowest BCUT2D eigenvalue weighted by Crippen LogP contribution is -2.25. The molecule has 21 heavy (non-hydrogen) atoms. The first-order chi connectivity index (χ1) is 9.87. The van der Waals surface area contributed by atoms with Crippen molar-refractivity contribution in [2.75, 3.05) is 0 Å². The second kappa shape index (κ2) is 5.15. The zero-order chi connectivity index (χ0) is 15.2. The summed E-state index contributed by atoms with van der Waals surface area (Å²) in [6, 6.07) is 0. The minimum Gasteiger partial charge on any atom is -0.460 e. The van der Waals surface area contributed by atoms with Crippen LogP contribution in [0.2, 0.25) is 0 Å². The quantitative estimate of drug-likeness (QED) is 0.772. The van der Waals surface area contributed by atoms with Crippen molar-refractivity contribution in [1.82, 2.24) is 0 Å². The highest BCUT2D eigenvalue weighted by molar-refractivity contribution is 5.75. The van der Waals surface area contributed by atoms with Gasteiger partial charge in [-0.15, -0.1) is 0 Å². The highest BCUT2D eigenvalue weighted by Crippen LogP contribution is 2.38. The highest BCUT2D eigenvalue weighted by atomic mass is 16.6. The number of ether oxygens (including phenoxy) is 1. The molecule has 1 aromatic rings. The molecular weight excluding hydrogens is 260 g/mol. The molecule has 0 amide bonds. The van der Waals surface area contributed by atoms with E-state index in [0.29, 0.717) is 6.42 Å². The Morgan fingerprint density at radius 1 is 0.952 bits per heavy atom. The summed E-state index contributed by atoms with van der Waals surface area (Å²) < 4.78 is 5.55. The van der Waals surface area contributed by atoms with Gasteiger partial charge in [0, 0.05) is 0 Å². The van der Waals surface area contributed by atoms with Gasteiger partial charge in [-0.25, -0.2) is 0 Å². The Bertz CT molecular complexity index is 556. The number of fused-ring (bicyclic) bond motifs is 2. The first kappa shape index (κ1) is 14.6. The first-order valence-electron chi connectivity index (χ1n) is 8.23. The summed E-state index contributed by atoms with van der Waals surface area (Å²) in [5.41, 5.74) is 8.45. The molecule has 0 bridgehead atoms. The third-order valence-electron chi connectivity index (χ3n) is 4.81. The van der Waals surface area contributed by atoms with Gasteiger partial charge in [-0.05, 0) is 99.6 Å². The van der Waals surface area contributed by atoms with Crippen molar-refractivity contribution < 1.29 is 9.53 Å². The van der Waals surface area contributed by atoms with E-state index >= 15 is 0 Å². The van der Waals surface area contributed by atoms with Gasteiger partial charge in [-0.3, -0.25) is 4.79 Å². The lowest BCUT2D eigenvalue weighted by Gasteiger charge is -2.22. The second-order valence-corrected chi connectivity index (χ2v) is 7.49. The van der Waals surface area contributed by atoms with Gasteiger partial charge in [0.1, 0.15) is 5.60 Å². The van der Waals surface area contributed by atoms with Crippen LogP contribution in [0.3, 0.4) is 0 Å². The molecule has 3 rings (SSSR count). The maximum atomic E-state index is 12.3. The Balaban J connectivity index is 1.97. The van der Waals surface area contributed by atoms with Crippen LogP contribution in [-0.2, 0) is 41.6 Å². The number of rotatable bonds is 2. The molecule has 0 spiro atoms. The summed E-state index contributed by atoms with van der Waals surface area (Å²) in [6.45, 7) is 8.10. The molecule has 0 aromatic heterocycles. The predicted octanol–water partition coefficient (Wildman–Crippen LogP) is 3.86. The van der Waals surface area contributed by atoms with E-state index in [1.807, 2.05) is 20.8 Å². The van der Waals surface area contributed by atoms with Crippen molar-refractivity contribution >= 4 is 5.97 Å². The van der Waals surface area contributed by atoms with E-state index in [1.54, 1.807) is 0 Å². The molecule has 0 fully saturated rings. The van der Waals surface area contributed by atoms with Crippen LogP contribution in [0, 0.1) is 6.92 Å². The number of hydrogen-bond donors (Lipinski definition) is 0. The van der Waals surface area contributed by atoms with Gasteiger partial charge in [-0.1, -0.05) is 0 Å². The maximum absolute atomic E-state index is 12.3. The van der Waals surface area contributed by atoms with Crippen LogP contribution in [-0.4, -0.2) is 11.6 Å². The standard InChI is InChI=1S/C19H26O2/c1-12-13-7-5-9-15(13)17(16-10-6-8-14(12)16)11-18(20)21-19(2,3)4/h5-11H2,1-4H3. The van der Waals surface area contributed by atoms with Crippen molar-refractivity contribution in [2.45, 2.75) is 78.2 Å². The summed E-state index contributed by atoms with van der Waals surface area (Å²) in [5, 5.41) is 0. The molecule has 2 aliphatic rings. The fraction of sp³-hybridized carbons (Fsp3) is 0.632. The first-order valence-corrected chi connectivity index (χ1v) is 8.23. The van der Waals surface area contributed by atoms with Crippen LogP contribution < -0.4 is 0 Å². The van der Waals surface area contributed by atoms with Gasteiger partial charge >= 0.3 is 5.97 Å². The van der Waals surface area contributed by atoms with E-state index in [4.69, 9.17) is 4.74 Å². The van der Waals surface area contributed by atoms with Crippen molar-refractivity contribution in [3.05, 3.63) is 33.4 Å². The number of carbonyl (C=O) groups is 1. The van der Waals surface area contributed by atoms with Gasteiger partial charge in [0.05, 0.1) is 6.42 Å². The second-order valence-electron chi connectivity index (χ2n) is 7.49. The van der Waals surface area contributed by atoms with Gasteiger partial charge in [0.25, 0.3) is 0 Å². The third-order valence-corrected chi connectivity index (χ3v) is 4.81. The van der Waals surface area contributed by atoms with Crippen LogP contribution in [0.1, 0.15) is 67.0 Å². The monoisotopic (exact) mass is 286 g/mol. The zero-order valence-corrected chi connectivity index (χ0v) is 13.8. The minimum absolute atomic E-state index is 0.0745. The normalized spacial score (nSPS) is 16.8. The fourth-order valence-electron chi connectivity index (χ4n) is 4.08. The fourth-order valence-corrected chi connectivity index (χ4v) is 4.08. The summed E-state index contributed by atoms with van der Waals surface area (Å²) >= 11 is 0. The molecule has 0 atom stereocenters. The van der Waals surface area contributed by atoms with E-state index in [9.17, 15) is 4.79 Å². The molecule has 114 valence electrons. The van der Waals surface area contributed by atoms with Crippen LogP contribution in [0.25, 0.3) is 0 Å². The molecule has 2 nitrogen and oxygen atoms in total. The van der Waals surface area contributed by atoms with Crippen molar-refractivity contribution in [1.29, 1.82) is 0 Å². The largest absolute Gasteiger partial charge is 0.460 e. The number of carbonyl (C=O) groups excluding carboxylic acids is 1. The van der Waals surface area contributed by atoms with Gasteiger partial charge in [0.2, 0.25) is 0 Å². The maximum Gasteiger partial charge on any atom is 0.310 e. The summed E-state index contributed by atoms with van der Waals surface area (Å²) in [4.78, 5) is 12.3. The molecule has 0 saturated heterocycles. The van der Waals surface area contributed by atoms with E-state index in [2.05, 4.69) is 6.92 Å². The highest BCUT2D eigenvalue weighted by Gasteiger charge is 2.28. The molecule has 0 unspecified atom stereocenters. The molecule has 2 aliphatic carbocycles. The van der Waals surface area contributed by atoms with Crippen LogP contribution >= 0.6 is 0 Å². The summed E-state index contributed by atoms with van der Waals surface area (Å²) in [7, 11) is 0. The van der Waals surface area contributed by atoms with Crippen molar-refractivity contribution in [3.63, 3.8) is 0 Å². The Kier molecular flexibility index (Phi) is 3.59. The number of benzene rings is 1. The predicted molar refractivity (Wildman–Crippen MR) is 84.8 cm³/mol. The Morgan fingerprint density at radius 3 is 1.90 bits per heavy atom. The minimum atomic E-state index is -0.395. The lowest BCUT2D eigenvalue weighted by molar-refractivity contribution is -0.153. The summed E-state index contributed by atoms with van der Waals surface area (Å²) in [5.74, 6) is -0.0745. The van der Waals surface area contributed by atoms with Gasteiger partial charge in [0.15, 0.2) is 0 Å². The zero-order valence-electron chi connectivity index (χ0n) is 13.8. The van der Waals surface area contributed by atoms with Gasteiger partial charge in [-0.2, -0.15) is 0 Å². The number of hydrogen-bond acceptors (Lipinski definition) is 2. The molecular formula is C19H26O2.